The number of sulfonamides is 1. The molecule has 1 aliphatic heterocycles. The van der Waals surface area contributed by atoms with Crippen LogP contribution >= 0.6 is 0 Å². The van der Waals surface area contributed by atoms with Gasteiger partial charge in [0.05, 0.1) is 5.75 Å². The van der Waals surface area contributed by atoms with Gasteiger partial charge in [-0.25, -0.2) is 8.42 Å². The Kier molecular flexibility index (Phi) is 8.39. The number of amides is 2. The van der Waals surface area contributed by atoms with Gasteiger partial charge in [0.25, 0.3) is 0 Å². The van der Waals surface area contributed by atoms with Crippen molar-refractivity contribution in [2.45, 2.75) is 84.1 Å². The lowest BCUT2D eigenvalue weighted by atomic mass is 10.2. The molecule has 1 fully saturated rings. The summed E-state index contributed by atoms with van der Waals surface area (Å²) in [5.41, 5.74) is 0. The SMILES string of the molecule is CC(C)c1noc(CCC(=O)NS(=O)(=O)C[C@@H]2CCCN2C(=O)CCc2nc(C(C)C)no2)n1. The summed E-state index contributed by atoms with van der Waals surface area (Å²) in [6, 6.07) is -0.490. The highest BCUT2D eigenvalue weighted by atomic mass is 32.2. The summed E-state index contributed by atoms with van der Waals surface area (Å²) in [6.45, 7) is 8.20. The zero-order valence-electron chi connectivity index (χ0n) is 20.0. The van der Waals surface area contributed by atoms with Crippen molar-refractivity contribution in [3.8, 4) is 0 Å². The van der Waals surface area contributed by atoms with Crippen molar-refractivity contribution >= 4 is 21.8 Å². The first kappa shape index (κ1) is 25.8. The van der Waals surface area contributed by atoms with Gasteiger partial charge >= 0.3 is 0 Å². The maximum Gasteiger partial charge on any atom is 0.236 e. The second-order valence-electron chi connectivity index (χ2n) is 9.09. The van der Waals surface area contributed by atoms with Crippen LogP contribution in [0.3, 0.4) is 0 Å². The van der Waals surface area contributed by atoms with Gasteiger partial charge < -0.3 is 13.9 Å². The third kappa shape index (κ3) is 7.08. The van der Waals surface area contributed by atoms with E-state index in [0.29, 0.717) is 43.3 Å². The Morgan fingerprint density at radius 2 is 1.56 bits per heavy atom. The molecule has 1 saturated heterocycles. The molecule has 1 aliphatic rings. The highest BCUT2D eigenvalue weighted by molar-refractivity contribution is 7.90. The monoisotopic (exact) mass is 496 g/mol. The highest BCUT2D eigenvalue weighted by Crippen LogP contribution is 2.21. The van der Waals surface area contributed by atoms with Crippen LogP contribution in [0.1, 0.15) is 88.6 Å². The van der Waals surface area contributed by atoms with E-state index in [4.69, 9.17) is 9.05 Å². The van der Waals surface area contributed by atoms with Gasteiger partial charge in [0.2, 0.25) is 33.6 Å². The molecule has 0 saturated carbocycles. The number of aryl methyl sites for hydroxylation is 2. The van der Waals surface area contributed by atoms with E-state index in [1.807, 2.05) is 27.7 Å². The van der Waals surface area contributed by atoms with Crippen LogP contribution in [0.2, 0.25) is 0 Å². The Hall–Kier alpha value is -2.83. The summed E-state index contributed by atoms with van der Waals surface area (Å²) in [6.07, 6.45) is 1.73. The molecule has 2 amide bonds. The number of nitrogens with zero attached hydrogens (tertiary/aromatic N) is 5. The van der Waals surface area contributed by atoms with Gasteiger partial charge in [-0.3, -0.25) is 14.3 Å². The predicted octanol–water partition coefficient (Wildman–Crippen LogP) is 1.70. The molecule has 3 rings (SSSR count). The van der Waals surface area contributed by atoms with Crippen molar-refractivity contribution in [3.05, 3.63) is 23.4 Å². The molecule has 0 unspecified atom stereocenters. The first-order chi connectivity index (χ1) is 16.0. The van der Waals surface area contributed by atoms with Gasteiger partial charge in [-0.2, -0.15) is 9.97 Å². The van der Waals surface area contributed by atoms with Crippen molar-refractivity contribution in [2.75, 3.05) is 12.3 Å². The summed E-state index contributed by atoms with van der Waals surface area (Å²) in [5.74, 6) is 0.842. The molecule has 188 valence electrons. The minimum Gasteiger partial charge on any atom is -0.339 e. The fourth-order valence-electron chi connectivity index (χ4n) is 3.64. The Bertz CT molecular complexity index is 1090. The summed E-state index contributed by atoms with van der Waals surface area (Å²) >= 11 is 0. The molecule has 0 radical (unpaired) electrons. The van der Waals surface area contributed by atoms with Gasteiger partial charge in [-0.05, 0) is 12.8 Å². The van der Waals surface area contributed by atoms with Crippen molar-refractivity contribution in [3.63, 3.8) is 0 Å². The molecule has 34 heavy (non-hydrogen) atoms. The van der Waals surface area contributed by atoms with Crippen LogP contribution in [-0.4, -0.2) is 63.8 Å². The largest absolute Gasteiger partial charge is 0.339 e. The molecular formula is C21H32N6O6S. The summed E-state index contributed by atoms with van der Waals surface area (Å²) in [7, 11) is -3.92. The smallest absolute Gasteiger partial charge is 0.236 e. The molecule has 12 nitrogen and oxygen atoms in total. The molecule has 0 spiro atoms. The van der Waals surface area contributed by atoms with E-state index < -0.39 is 22.0 Å². The third-order valence-electron chi connectivity index (χ3n) is 5.50. The summed E-state index contributed by atoms with van der Waals surface area (Å²) in [5, 5.41) is 7.70. The number of aromatic nitrogens is 4. The van der Waals surface area contributed by atoms with E-state index in [2.05, 4.69) is 25.0 Å². The average Bonchev–Trinajstić information content (AvgIpc) is 3.50. The second kappa shape index (κ2) is 11.1. The van der Waals surface area contributed by atoms with Crippen LogP contribution in [0.5, 0.6) is 0 Å². The lowest BCUT2D eigenvalue weighted by Gasteiger charge is -2.24. The fourth-order valence-corrected chi connectivity index (χ4v) is 5.03. The van der Waals surface area contributed by atoms with Crippen molar-refractivity contribution in [1.82, 2.24) is 29.9 Å². The Labute approximate surface area is 198 Å². The van der Waals surface area contributed by atoms with Crippen LogP contribution in [0.15, 0.2) is 9.05 Å². The number of rotatable bonds is 11. The van der Waals surface area contributed by atoms with Gasteiger partial charge in [0.1, 0.15) is 0 Å². The Morgan fingerprint density at radius 1 is 1.00 bits per heavy atom. The number of likely N-dealkylation sites (tertiary alicyclic amines) is 1. The van der Waals surface area contributed by atoms with E-state index >= 15 is 0 Å². The average molecular weight is 497 g/mol. The first-order valence-corrected chi connectivity index (χ1v) is 13.2. The minimum atomic E-state index is -3.92. The highest BCUT2D eigenvalue weighted by Gasteiger charge is 2.33. The van der Waals surface area contributed by atoms with Crippen molar-refractivity contribution in [1.29, 1.82) is 0 Å². The zero-order valence-corrected chi connectivity index (χ0v) is 20.8. The normalized spacial score (nSPS) is 16.5. The lowest BCUT2D eigenvalue weighted by Crippen LogP contribution is -2.43. The number of carbonyl (C=O) groups is 2. The number of hydrogen-bond donors (Lipinski definition) is 1. The van der Waals surface area contributed by atoms with E-state index in [0.717, 1.165) is 0 Å². The zero-order chi connectivity index (χ0) is 24.9. The number of carbonyl (C=O) groups excluding carboxylic acids is 2. The molecule has 1 N–H and O–H groups in total. The molecule has 1 atom stereocenters. The van der Waals surface area contributed by atoms with Crippen LogP contribution in [0.25, 0.3) is 0 Å². The van der Waals surface area contributed by atoms with Gasteiger partial charge in [-0.15, -0.1) is 0 Å². The molecule has 0 aromatic carbocycles. The van der Waals surface area contributed by atoms with Gasteiger partial charge in [0, 0.05) is 50.1 Å². The second-order valence-corrected chi connectivity index (χ2v) is 10.9. The van der Waals surface area contributed by atoms with Crippen LogP contribution < -0.4 is 4.72 Å². The molecular weight excluding hydrogens is 464 g/mol. The molecule has 2 aromatic heterocycles. The molecule has 2 aromatic rings. The quantitative estimate of drug-likeness (QED) is 0.484. The van der Waals surface area contributed by atoms with Crippen molar-refractivity contribution < 1.29 is 27.1 Å². The van der Waals surface area contributed by atoms with Gasteiger partial charge in [-0.1, -0.05) is 38.0 Å². The topological polar surface area (TPSA) is 161 Å². The Morgan fingerprint density at radius 3 is 2.09 bits per heavy atom. The van der Waals surface area contributed by atoms with E-state index in [1.165, 1.54) is 0 Å². The minimum absolute atomic E-state index is 0.0910. The van der Waals surface area contributed by atoms with Crippen LogP contribution in [-0.2, 0) is 32.5 Å². The van der Waals surface area contributed by atoms with E-state index in [1.54, 1.807) is 4.90 Å². The fraction of sp³-hybridized carbons (Fsp3) is 0.714. The van der Waals surface area contributed by atoms with E-state index in [-0.39, 0.29) is 48.6 Å². The van der Waals surface area contributed by atoms with Crippen molar-refractivity contribution in [2.24, 2.45) is 0 Å². The standard InChI is InChI=1S/C21H32N6O6S/c1-13(2)20-22-17(32-24-20)8-7-16(28)26-34(30,31)12-15-6-5-11-27(15)19(29)10-9-18-23-21(14(3)4)25-33-18/h13-15H,5-12H2,1-4H3,(H,26,28)/t15-/m0/s1. The maximum atomic E-state index is 12.7. The number of nitrogens with one attached hydrogen (secondary N) is 1. The first-order valence-electron chi connectivity index (χ1n) is 11.5. The molecule has 0 bridgehead atoms. The number of hydrogen-bond acceptors (Lipinski definition) is 10. The molecule has 0 aliphatic carbocycles. The third-order valence-corrected chi connectivity index (χ3v) is 6.86. The van der Waals surface area contributed by atoms with Crippen LogP contribution in [0.4, 0.5) is 0 Å². The molecule has 13 heteroatoms. The summed E-state index contributed by atoms with van der Waals surface area (Å²) < 4.78 is 37.4. The molecule has 3 heterocycles. The van der Waals surface area contributed by atoms with Crippen LogP contribution in [0, 0.1) is 0 Å². The predicted molar refractivity (Wildman–Crippen MR) is 120 cm³/mol. The summed E-state index contributed by atoms with van der Waals surface area (Å²) in [4.78, 5) is 34.9. The van der Waals surface area contributed by atoms with Gasteiger partial charge in [0.15, 0.2) is 11.6 Å². The maximum absolute atomic E-state index is 12.7. The Balaban J connectivity index is 1.48. The van der Waals surface area contributed by atoms with E-state index in [9.17, 15) is 18.0 Å². The lowest BCUT2D eigenvalue weighted by molar-refractivity contribution is -0.131.